The third-order valence-corrected chi connectivity index (χ3v) is 2.65. The summed E-state index contributed by atoms with van der Waals surface area (Å²) in [6.07, 6.45) is 1.90. The topological polar surface area (TPSA) is 89.4 Å². The molecule has 2 aromatic heterocycles. The molecule has 0 spiro atoms. The molecule has 0 aliphatic heterocycles. The Morgan fingerprint density at radius 1 is 1.56 bits per heavy atom. The monoisotopic (exact) mass is 270 g/mol. The number of hydrogen-bond donors (Lipinski definition) is 1. The first-order chi connectivity index (χ1) is 8.56. The number of hydrogen-bond acceptors (Lipinski definition) is 5. The number of nitrogens with zero attached hydrogens (tertiary/aromatic N) is 2. The van der Waals surface area contributed by atoms with Gasteiger partial charge in [-0.2, -0.15) is 0 Å². The highest BCUT2D eigenvalue weighted by molar-refractivity contribution is 6.31. The molecule has 1 N–H and O–H groups in total. The predicted octanol–water partition coefficient (Wildman–Crippen LogP) is 2.64. The second kappa shape index (κ2) is 5.22. The fourth-order valence-corrected chi connectivity index (χ4v) is 1.75. The van der Waals surface area contributed by atoms with Gasteiger partial charge in [0.1, 0.15) is 0 Å². The van der Waals surface area contributed by atoms with E-state index >= 15 is 0 Å². The average Bonchev–Trinajstić information content (AvgIpc) is 2.85. The summed E-state index contributed by atoms with van der Waals surface area (Å²) in [7, 11) is 0. The fraction of sp³-hybridized carbons (Fsp3) is 0.364. The van der Waals surface area contributed by atoms with Gasteiger partial charge in [-0.05, 0) is 23.6 Å². The van der Waals surface area contributed by atoms with E-state index in [1.165, 1.54) is 6.26 Å². The molecule has 0 amide bonds. The Morgan fingerprint density at radius 3 is 2.94 bits per heavy atom. The lowest BCUT2D eigenvalue weighted by molar-refractivity contribution is -0.137. The van der Waals surface area contributed by atoms with Crippen molar-refractivity contribution in [3.63, 3.8) is 0 Å². The van der Waals surface area contributed by atoms with Crippen molar-refractivity contribution < 1.29 is 18.7 Å². The van der Waals surface area contributed by atoms with Crippen molar-refractivity contribution in [2.45, 2.75) is 19.8 Å². The van der Waals surface area contributed by atoms with Gasteiger partial charge in [0.05, 0.1) is 11.8 Å². The molecule has 2 aromatic rings. The van der Waals surface area contributed by atoms with E-state index < -0.39 is 5.97 Å². The van der Waals surface area contributed by atoms with E-state index in [9.17, 15) is 4.79 Å². The fourth-order valence-electron chi connectivity index (χ4n) is 1.56. The Labute approximate surface area is 108 Å². The Balaban J connectivity index is 2.07. The van der Waals surface area contributed by atoms with Gasteiger partial charge in [-0.15, -0.1) is 10.2 Å². The highest BCUT2D eigenvalue weighted by Crippen LogP contribution is 2.28. The van der Waals surface area contributed by atoms with Crippen LogP contribution >= 0.6 is 11.6 Å². The van der Waals surface area contributed by atoms with E-state index in [1.54, 1.807) is 6.07 Å². The van der Waals surface area contributed by atoms with Gasteiger partial charge in [-0.25, -0.2) is 0 Å². The number of rotatable bonds is 5. The standard InChI is InChI=1S/C11H11ClN2O4/c1-6(5-9(15)16)4-8-13-14-11(18-8)7-2-3-17-10(7)12/h2-3,6H,4-5H2,1H3,(H,15,16). The van der Waals surface area contributed by atoms with E-state index in [1.807, 2.05) is 6.92 Å². The van der Waals surface area contributed by atoms with Crippen molar-refractivity contribution in [3.8, 4) is 11.5 Å². The van der Waals surface area contributed by atoms with Crippen LogP contribution in [0.25, 0.3) is 11.5 Å². The van der Waals surface area contributed by atoms with Crippen LogP contribution in [0.3, 0.4) is 0 Å². The number of halogens is 1. The molecule has 1 atom stereocenters. The molecule has 7 heteroatoms. The predicted molar refractivity (Wildman–Crippen MR) is 62.1 cm³/mol. The quantitative estimate of drug-likeness (QED) is 0.898. The molecular weight excluding hydrogens is 260 g/mol. The first-order valence-electron chi connectivity index (χ1n) is 5.33. The maximum atomic E-state index is 10.5. The van der Waals surface area contributed by atoms with Crippen LogP contribution in [0.4, 0.5) is 0 Å². The Morgan fingerprint density at radius 2 is 2.33 bits per heavy atom. The van der Waals surface area contributed by atoms with Gasteiger partial charge < -0.3 is 13.9 Å². The minimum absolute atomic E-state index is 0.0597. The summed E-state index contributed by atoms with van der Waals surface area (Å²) in [6, 6.07) is 1.63. The summed E-state index contributed by atoms with van der Waals surface area (Å²) in [4.78, 5) is 10.5. The average molecular weight is 271 g/mol. The van der Waals surface area contributed by atoms with Crippen LogP contribution in [0.1, 0.15) is 19.2 Å². The van der Waals surface area contributed by atoms with Gasteiger partial charge in [0.15, 0.2) is 0 Å². The van der Waals surface area contributed by atoms with Gasteiger partial charge in [0, 0.05) is 12.8 Å². The van der Waals surface area contributed by atoms with Gasteiger partial charge in [0.2, 0.25) is 11.1 Å². The minimum Gasteiger partial charge on any atom is -0.481 e. The van der Waals surface area contributed by atoms with Crippen molar-refractivity contribution in [1.29, 1.82) is 0 Å². The summed E-state index contributed by atoms with van der Waals surface area (Å²) < 4.78 is 10.3. The summed E-state index contributed by atoms with van der Waals surface area (Å²) in [5, 5.41) is 16.5. The molecular formula is C11H11ClN2O4. The zero-order chi connectivity index (χ0) is 13.1. The Bertz CT molecular complexity index is 549. The first-order valence-corrected chi connectivity index (χ1v) is 5.71. The maximum Gasteiger partial charge on any atom is 0.303 e. The molecule has 2 rings (SSSR count). The van der Waals surface area contributed by atoms with Crippen LogP contribution in [0.15, 0.2) is 21.2 Å². The van der Waals surface area contributed by atoms with Crippen LogP contribution < -0.4 is 0 Å². The SMILES string of the molecule is CC(CC(=O)O)Cc1nnc(-c2ccoc2Cl)o1. The molecule has 0 saturated carbocycles. The number of carboxylic acids is 1. The lowest BCUT2D eigenvalue weighted by atomic mass is 10.0. The second-order valence-corrected chi connectivity index (χ2v) is 4.36. The molecule has 0 aromatic carbocycles. The third-order valence-electron chi connectivity index (χ3n) is 2.36. The van der Waals surface area contributed by atoms with Crippen molar-refractivity contribution >= 4 is 17.6 Å². The van der Waals surface area contributed by atoms with Gasteiger partial charge in [-0.1, -0.05) is 6.92 Å². The maximum absolute atomic E-state index is 10.5. The molecule has 0 bridgehead atoms. The van der Waals surface area contributed by atoms with E-state index in [0.29, 0.717) is 17.9 Å². The summed E-state index contributed by atoms with van der Waals surface area (Å²) >= 11 is 5.79. The molecule has 0 radical (unpaired) electrons. The number of aliphatic carboxylic acids is 1. The molecule has 0 saturated heterocycles. The molecule has 0 aliphatic rings. The Hall–Kier alpha value is -1.82. The zero-order valence-electron chi connectivity index (χ0n) is 9.59. The summed E-state index contributed by atoms with van der Waals surface area (Å²) in [6.45, 7) is 1.81. The van der Waals surface area contributed by atoms with Gasteiger partial charge in [-0.3, -0.25) is 4.79 Å². The summed E-state index contributed by atoms with van der Waals surface area (Å²) in [5.41, 5.74) is 0.529. The van der Waals surface area contributed by atoms with Crippen LogP contribution in [0, 0.1) is 5.92 Å². The zero-order valence-corrected chi connectivity index (χ0v) is 10.3. The molecule has 1 unspecified atom stereocenters. The molecule has 18 heavy (non-hydrogen) atoms. The van der Waals surface area contributed by atoms with Crippen molar-refractivity contribution in [1.82, 2.24) is 10.2 Å². The van der Waals surface area contributed by atoms with Crippen LogP contribution in [-0.2, 0) is 11.2 Å². The molecule has 2 heterocycles. The van der Waals surface area contributed by atoms with Crippen LogP contribution in [-0.4, -0.2) is 21.3 Å². The molecule has 0 fully saturated rings. The smallest absolute Gasteiger partial charge is 0.303 e. The lowest BCUT2D eigenvalue weighted by Crippen LogP contribution is -2.07. The second-order valence-electron chi connectivity index (χ2n) is 4.02. The highest BCUT2D eigenvalue weighted by Gasteiger charge is 2.16. The largest absolute Gasteiger partial charge is 0.481 e. The number of carboxylic acid groups (broad SMARTS) is 1. The van der Waals surface area contributed by atoms with Crippen molar-refractivity contribution in [2.75, 3.05) is 0 Å². The van der Waals surface area contributed by atoms with Crippen LogP contribution in [0.5, 0.6) is 0 Å². The first kappa shape index (κ1) is 12.6. The van der Waals surface area contributed by atoms with E-state index in [-0.39, 0.29) is 23.4 Å². The molecule has 0 aliphatic carbocycles. The van der Waals surface area contributed by atoms with Crippen molar-refractivity contribution in [2.24, 2.45) is 5.92 Å². The summed E-state index contributed by atoms with van der Waals surface area (Å²) in [5.74, 6) is -0.266. The lowest BCUT2D eigenvalue weighted by Gasteiger charge is -2.03. The van der Waals surface area contributed by atoms with E-state index in [2.05, 4.69) is 10.2 Å². The number of carbonyl (C=O) groups is 1. The van der Waals surface area contributed by atoms with Gasteiger partial charge in [0.25, 0.3) is 5.89 Å². The van der Waals surface area contributed by atoms with Gasteiger partial charge >= 0.3 is 5.97 Å². The van der Waals surface area contributed by atoms with E-state index in [0.717, 1.165) is 0 Å². The van der Waals surface area contributed by atoms with Crippen molar-refractivity contribution in [3.05, 3.63) is 23.4 Å². The van der Waals surface area contributed by atoms with E-state index in [4.69, 9.17) is 25.5 Å². The van der Waals surface area contributed by atoms with Crippen LogP contribution in [0.2, 0.25) is 5.22 Å². The normalized spacial score (nSPS) is 12.6. The highest BCUT2D eigenvalue weighted by atomic mass is 35.5. The minimum atomic E-state index is -0.847. The molecule has 96 valence electrons. The third kappa shape index (κ3) is 2.89. The molecule has 6 nitrogen and oxygen atoms in total. The number of aromatic nitrogens is 2. The Kier molecular flexibility index (Phi) is 3.66. The number of furan rings is 1.